The third kappa shape index (κ3) is 8.13. The number of rotatable bonds is 13. The van der Waals surface area contributed by atoms with Gasteiger partial charge in [-0.3, -0.25) is 14.4 Å². The number of anilines is 4. The molecule has 0 saturated carbocycles. The van der Waals surface area contributed by atoms with Crippen LogP contribution in [0.25, 0.3) is 11.0 Å². The second-order valence-electron chi connectivity index (χ2n) is 9.98. The molecule has 4 N–H and O–H groups in total. The first-order chi connectivity index (χ1) is 20.1. The number of aromatic nitrogens is 2. The first-order valence-electron chi connectivity index (χ1n) is 13.1. The SMILES string of the molecule is COc1cc(CO)cc(Nc2nc3ccccc3nc2NS(=O)(=O)c2cccc(NC(=O)CN(C)CCN(C)C)c2)c1. The highest BCUT2D eigenvalue weighted by Crippen LogP contribution is 2.30. The Hall–Kier alpha value is -4.30. The summed E-state index contributed by atoms with van der Waals surface area (Å²) in [5.41, 5.74) is 2.49. The molecule has 12 nitrogen and oxygen atoms in total. The molecular weight excluding hydrogens is 558 g/mol. The second-order valence-corrected chi connectivity index (χ2v) is 11.7. The zero-order valence-electron chi connectivity index (χ0n) is 24.0. The maximum atomic E-state index is 13.5. The van der Waals surface area contributed by atoms with E-state index < -0.39 is 10.0 Å². The van der Waals surface area contributed by atoms with Crippen molar-refractivity contribution in [2.75, 3.05) is 63.2 Å². The zero-order valence-corrected chi connectivity index (χ0v) is 24.8. The number of carbonyl (C=O) groups is 1. The van der Waals surface area contributed by atoms with Gasteiger partial charge in [-0.25, -0.2) is 18.4 Å². The van der Waals surface area contributed by atoms with E-state index in [0.717, 1.165) is 6.54 Å². The molecule has 0 saturated heterocycles. The number of methoxy groups -OCH3 is 1. The monoisotopic (exact) mass is 593 g/mol. The topological polar surface area (TPSA) is 149 Å². The molecule has 1 aromatic heterocycles. The molecule has 0 radical (unpaired) electrons. The summed E-state index contributed by atoms with van der Waals surface area (Å²) in [6, 6.07) is 18.1. The Bertz CT molecular complexity index is 1640. The van der Waals surface area contributed by atoms with E-state index in [1.54, 1.807) is 54.6 Å². The minimum atomic E-state index is -4.15. The quantitative estimate of drug-likeness (QED) is 0.182. The summed E-state index contributed by atoms with van der Waals surface area (Å²) in [4.78, 5) is 25.5. The molecule has 0 atom stereocenters. The number of aliphatic hydroxyl groups is 1. The van der Waals surface area contributed by atoms with Gasteiger partial charge in [0.25, 0.3) is 10.0 Å². The van der Waals surface area contributed by atoms with Crippen LogP contribution in [0.1, 0.15) is 5.56 Å². The van der Waals surface area contributed by atoms with E-state index in [9.17, 15) is 18.3 Å². The van der Waals surface area contributed by atoms with E-state index in [-0.39, 0.29) is 35.6 Å². The van der Waals surface area contributed by atoms with E-state index in [4.69, 9.17) is 4.74 Å². The number of aliphatic hydroxyl groups excluding tert-OH is 1. The largest absolute Gasteiger partial charge is 0.497 e. The fourth-order valence-corrected chi connectivity index (χ4v) is 5.11. The van der Waals surface area contributed by atoms with Crippen molar-refractivity contribution in [3.63, 3.8) is 0 Å². The standard InChI is InChI=1S/C29H35N7O5S/c1-35(2)12-13-36(3)18-27(38)30-21-8-7-9-24(17-21)42(39,40)34-29-28(32-25-10-5-6-11-26(25)33-29)31-22-14-20(19-37)15-23(16-22)41-4/h5-11,14-17,37H,12-13,18-19H2,1-4H3,(H,30,38)(H,31,32)(H,33,34). The fraction of sp³-hybridized carbons (Fsp3) is 0.276. The Kier molecular flexibility index (Phi) is 9.91. The van der Waals surface area contributed by atoms with Gasteiger partial charge < -0.3 is 25.4 Å². The van der Waals surface area contributed by atoms with Crippen molar-refractivity contribution in [1.82, 2.24) is 19.8 Å². The first-order valence-corrected chi connectivity index (χ1v) is 14.6. The van der Waals surface area contributed by atoms with Crippen LogP contribution in [0.2, 0.25) is 0 Å². The maximum Gasteiger partial charge on any atom is 0.263 e. The van der Waals surface area contributed by atoms with E-state index in [1.807, 2.05) is 30.9 Å². The number of likely N-dealkylation sites (N-methyl/N-ethyl adjacent to an activating group) is 2. The van der Waals surface area contributed by atoms with Gasteiger partial charge in [0, 0.05) is 30.5 Å². The summed E-state index contributed by atoms with van der Waals surface area (Å²) < 4.78 is 34.9. The van der Waals surface area contributed by atoms with Crippen molar-refractivity contribution >= 4 is 50.0 Å². The van der Waals surface area contributed by atoms with Gasteiger partial charge in [-0.05, 0) is 69.2 Å². The molecule has 0 aliphatic carbocycles. The number of nitrogens with one attached hydrogen (secondary N) is 3. The lowest BCUT2D eigenvalue weighted by Crippen LogP contribution is -2.34. The maximum absolute atomic E-state index is 13.5. The third-order valence-corrected chi connectivity index (χ3v) is 7.56. The van der Waals surface area contributed by atoms with E-state index >= 15 is 0 Å². The van der Waals surface area contributed by atoms with E-state index in [0.29, 0.717) is 40.3 Å². The number of para-hydroxylation sites is 2. The van der Waals surface area contributed by atoms with Crippen LogP contribution in [-0.4, -0.2) is 87.1 Å². The summed E-state index contributed by atoms with van der Waals surface area (Å²) in [6.07, 6.45) is 0. The number of fused-ring (bicyclic) bond motifs is 1. The smallest absolute Gasteiger partial charge is 0.263 e. The Labute approximate surface area is 245 Å². The summed E-state index contributed by atoms with van der Waals surface area (Å²) in [6.45, 7) is 1.46. The number of amides is 1. The van der Waals surface area contributed by atoms with Crippen LogP contribution in [0.5, 0.6) is 5.75 Å². The van der Waals surface area contributed by atoms with Gasteiger partial charge in [-0.1, -0.05) is 18.2 Å². The number of hydrogen-bond acceptors (Lipinski definition) is 10. The molecule has 0 spiro atoms. The predicted molar refractivity (Wildman–Crippen MR) is 164 cm³/mol. The van der Waals surface area contributed by atoms with Crippen LogP contribution in [0.3, 0.4) is 0 Å². The average molecular weight is 594 g/mol. The lowest BCUT2D eigenvalue weighted by molar-refractivity contribution is -0.117. The molecule has 0 aliphatic rings. The van der Waals surface area contributed by atoms with Crippen LogP contribution in [0.15, 0.2) is 71.6 Å². The van der Waals surface area contributed by atoms with Gasteiger partial charge in [0.1, 0.15) is 5.75 Å². The molecule has 0 aliphatic heterocycles. The first kappa shape index (κ1) is 30.7. The predicted octanol–water partition coefficient (Wildman–Crippen LogP) is 3.11. The lowest BCUT2D eigenvalue weighted by atomic mass is 10.2. The highest BCUT2D eigenvalue weighted by Gasteiger charge is 2.20. The normalized spacial score (nSPS) is 11.6. The number of sulfonamides is 1. The number of carbonyl (C=O) groups excluding carboxylic acids is 1. The molecular formula is C29H35N7O5S. The van der Waals surface area contributed by atoms with Gasteiger partial charge in [0.15, 0.2) is 11.6 Å². The van der Waals surface area contributed by atoms with Gasteiger partial charge >= 0.3 is 0 Å². The molecule has 0 unspecified atom stereocenters. The summed E-state index contributed by atoms with van der Waals surface area (Å²) >= 11 is 0. The zero-order chi connectivity index (χ0) is 30.3. The van der Waals surface area contributed by atoms with Crippen molar-refractivity contribution in [2.45, 2.75) is 11.5 Å². The number of nitrogens with zero attached hydrogens (tertiary/aromatic N) is 4. The van der Waals surface area contributed by atoms with Crippen LogP contribution in [0, 0.1) is 0 Å². The van der Waals surface area contributed by atoms with Crippen molar-refractivity contribution in [1.29, 1.82) is 0 Å². The van der Waals surface area contributed by atoms with E-state index in [1.165, 1.54) is 19.2 Å². The Morgan fingerprint density at radius 2 is 1.62 bits per heavy atom. The average Bonchev–Trinajstić information content (AvgIpc) is 2.96. The molecule has 4 aromatic rings. The molecule has 13 heteroatoms. The number of ether oxygens (including phenoxy) is 1. The van der Waals surface area contributed by atoms with Crippen molar-refractivity contribution < 1.29 is 23.1 Å². The highest BCUT2D eigenvalue weighted by atomic mass is 32.2. The highest BCUT2D eigenvalue weighted by molar-refractivity contribution is 7.92. The molecule has 42 heavy (non-hydrogen) atoms. The molecule has 0 bridgehead atoms. The molecule has 4 rings (SSSR count). The molecule has 1 amide bonds. The molecule has 1 heterocycles. The van der Waals surface area contributed by atoms with Crippen molar-refractivity contribution in [3.8, 4) is 5.75 Å². The van der Waals surface area contributed by atoms with Crippen LogP contribution >= 0.6 is 0 Å². The second kappa shape index (κ2) is 13.6. The van der Waals surface area contributed by atoms with Gasteiger partial charge in [0.2, 0.25) is 5.91 Å². The minimum absolute atomic E-state index is 0.0287. The lowest BCUT2D eigenvalue weighted by Gasteiger charge is -2.19. The Balaban J connectivity index is 1.59. The van der Waals surface area contributed by atoms with Crippen LogP contribution < -0.4 is 20.1 Å². The number of hydrogen-bond donors (Lipinski definition) is 4. The third-order valence-electron chi connectivity index (χ3n) is 6.22. The summed E-state index contributed by atoms with van der Waals surface area (Å²) in [7, 11) is 3.13. The van der Waals surface area contributed by atoms with E-state index in [2.05, 4.69) is 25.3 Å². The summed E-state index contributed by atoms with van der Waals surface area (Å²) in [5.74, 6) is 0.368. The number of benzene rings is 3. The van der Waals surface area contributed by atoms with Crippen molar-refractivity contribution in [3.05, 3.63) is 72.3 Å². The van der Waals surface area contributed by atoms with Gasteiger partial charge in [-0.2, -0.15) is 0 Å². The minimum Gasteiger partial charge on any atom is -0.497 e. The molecule has 222 valence electrons. The Morgan fingerprint density at radius 1 is 0.905 bits per heavy atom. The Morgan fingerprint density at radius 3 is 2.29 bits per heavy atom. The molecule has 3 aromatic carbocycles. The molecule has 0 fully saturated rings. The van der Waals surface area contributed by atoms with Crippen molar-refractivity contribution in [2.24, 2.45) is 0 Å². The van der Waals surface area contributed by atoms with Crippen LogP contribution in [0.4, 0.5) is 23.0 Å². The van der Waals surface area contributed by atoms with Gasteiger partial charge in [0.05, 0.1) is 36.2 Å². The summed E-state index contributed by atoms with van der Waals surface area (Å²) in [5, 5.41) is 15.5. The van der Waals surface area contributed by atoms with Crippen LogP contribution in [-0.2, 0) is 21.4 Å². The fourth-order valence-electron chi connectivity index (χ4n) is 4.06. The van der Waals surface area contributed by atoms with Gasteiger partial charge in [-0.15, -0.1) is 0 Å².